The lowest BCUT2D eigenvalue weighted by atomic mass is 10.2. The summed E-state index contributed by atoms with van der Waals surface area (Å²) >= 11 is 4.97. The standard InChI is InChI=1S/C14H16N4O6S3/c1-8-7-11(24-2)16-13(15-8)17-14(19)18-27(22,23)10-6-4-5-9(25)12(10)26(3,20)21/h4,6-7H,5H2,1-3H3,(H2,15,16,17,18,19). The van der Waals surface area contributed by atoms with Crippen molar-refractivity contribution in [2.75, 3.05) is 18.7 Å². The van der Waals surface area contributed by atoms with Crippen LogP contribution in [-0.2, 0) is 19.9 Å². The summed E-state index contributed by atoms with van der Waals surface area (Å²) in [5.41, 5.74) is 0.475. The molecule has 1 aromatic rings. The van der Waals surface area contributed by atoms with Gasteiger partial charge in [-0.25, -0.2) is 31.3 Å². The van der Waals surface area contributed by atoms with Crippen molar-refractivity contribution in [2.24, 2.45) is 0 Å². The molecule has 1 aromatic heterocycles. The molecule has 0 radical (unpaired) electrons. The summed E-state index contributed by atoms with van der Waals surface area (Å²) in [6.45, 7) is 1.63. The van der Waals surface area contributed by atoms with Gasteiger partial charge in [0.1, 0.15) is 9.81 Å². The minimum Gasteiger partial charge on any atom is -0.481 e. The average Bonchev–Trinajstić information content (AvgIpc) is 2.52. The number of nitrogens with one attached hydrogen (secondary N) is 2. The van der Waals surface area contributed by atoms with Crippen molar-refractivity contribution >= 4 is 48.9 Å². The van der Waals surface area contributed by atoms with E-state index in [1.165, 1.54) is 19.3 Å². The van der Waals surface area contributed by atoms with Crippen molar-refractivity contribution in [3.8, 4) is 5.88 Å². The first-order chi connectivity index (χ1) is 12.4. The van der Waals surface area contributed by atoms with Crippen LogP contribution in [0.4, 0.5) is 10.7 Å². The number of urea groups is 1. The van der Waals surface area contributed by atoms with Crippen LogP contribution >= 0.6 is 12.2 Å². The Morgan fingerprint density at radius 3 is 2.52 bits per heavy atom. The van der Waals surface area contributed by atoms with E-state index in [1.54, 1.807) is 11.6 Å². The van der Waals surface area contributed by atoms with Gasteiger partial charge in [-0.1, -0.05) is 18.3 Å². The van der Waals surface area contributed by atoms with Crippen molar-refractivity contribution in [3.63, 3.8) is 0 Å². The molecule has 0 fully saturated rings. The first-order valence-electron chi connectivity index (χ1n) is 7.31. The Labute approximate surface area is 161 Å². The molecule has 0 aromatic carbocycles. The maximum Gasteiger partial charge on any atom is 0.335 e. The molecule has 1 aliphatic rings. The van der Waals surface area contributed by atoms with E-state index in [2.05, 4.69) is 15.3 Å². The molecule has 0 saturated carbocycles. The molecule has 0 bridgehead atoms. The number of nitrogens with zero attached hydrogens (tertiary/aromatic N) is 2. The third-order valence-electron chi connectivity index (χ3n) is 3.20. The molecule has 2 N–H and O–H groups in total. The largest absolute Gasteiger partial charge is 0.481 e. The average molecular weight is 433 g/mol. The number of sulfonamides is 1. The highest BCUT2D eigenvalue weighted by atomic mass is 32.2. The van der Waals surface area contributed by atoms with E-state index in [4.69, 9.17) is 17.0 Å². The van der Waals surface area contributed by atoms with E-state index in [1.807, 2.05) is 0 Å². The van der Waals surface area contributed by atoms with Crippen LogP contribution in [0.2, 0.25) is 0 Å². The smallest absolute Gasteiger partial charge is 0.335 e. The Kier molecular flexibility index (Phi) is 5.97. The number of thiocarbonyl (C=S) groups is 1. The van der Waals surface area contributed by atoms with Crippen LogP contribution < -0.4 is 14.8 Å². The zero-order chi connectivity index (χ0) is 20.4. The zero-order valence-corrected chi connectivity index (χ0v) is 17.0. The second-order valence-electron chi connectivity index (χ2n) is 5.43. The lowest BCUT2D eigenvalue weighted by molar-refractivity contribution is 0.256. The van der Waals surface area contributed by atoms with Gasteiger partial charge in [-0.15, -0.1) is 0 Å². The maximum atomic E-state index is 12.5. The Balaban J connectivity index is 2.33. The monoisotopic (exact) mass is 432 g/mol. The van der Waals surface area contributed by atoms with Crippen LogP contribution in [0, 0.1) is 6.92 Å². The van der Waals surface area contributed by atoms with E-state index in [9.17, 15) is 21.6 Å². The lowest BCUT2D eigenvalue weighted by Crippen LogP contribution is -2.37. The van der Waals surface area contributed by atoms with Gasteiger partial charge in [0.05, 0.1) is 7.11 Å². The normalized spacial score (nSPS) is 14.9. The third-order valence-corrected chi connectivity index (χ3v) is 6.41. The third kappa shape index (κ3) is 5.08. The summed E-state index contributed by atoms with van der Waals surface area (Å²) in [6, 6.07) is 0.337. The number of rotatable bonds is 5. The van der Waals surface area contributed by atoms with E-state index in [-0.39, 0.29) is 23.1 Å². The molecule has 27 heavy (non-hydrogen) atoms. The zero-order valence-electron chi connectivity index (χ0n) is 14.5. The second-order valence-corrected chi connectivity index (χ2v) is 9.53. The van der Waals surface area contributed by atoms with Gasteiger partial charge in [0.15, 0.2) is 9.84 Å². The van der Waals surface area contributed by atoms with Gasteiger partial charge in [0.25, 0.3) is 10.0 Å². The number of hydrogen-bond acceptors (Lipinski definition) is 9. The van der Waals surface area contributed by atoms with E-state index in [0.29, 0.717) is 5.69 Å². The number of aromatic nitrogens is 2. The van der Waals surface area contributed by atoms with Gasteiger partial charge < -0.3 is 4.74 Å². The maximum absolute atomic E-state index is 12.5. The predicted molar refractivity (Wildman–Crippen MR) is 103 cm³/mol. The molecular weight excluding hydrogens is 416 g/mol. The van der Waals surface area contributed by atoms with Crippen molar-refractivity contribution in [3.05, 3.63) is 33.7 Å². The molecule has 0 aliphatic heterocycles. The van der Waals surface area contributed by atoms with Crippen LogP contribution in [0.25, 0.3) is 0 Å². The molecular formula is C14H16N4O6S3. The minimum atomic E-state index is -4.52. The van der Waals surface area contributed by atoms with Crippen LogP contribution in [0.1, 0.15) is 12.1 Å². The van der Waals surface area contributed by atoms with Gasteiger partial charge in [-0.2, -0.15) is 4.98 Å². The highest BCUT2D eigenvalue weighted by molar-refractivity contribution is 8.00. The van der Waals surface area contributed by atoms with Crippen molar-refractivity contribution in [1.82, 2.24) is 14.7 Å². The Morgan fingerprint density at radius 1 is 1.26 bits per heavy atom. The minimum absolute atomic E-state index is 0.0486. The Hall–Kier alpha value is -2.38. The van der Waals surface area contributed by atoms with Gasteiger partial charge in [-0.3, -0.25) is 5.32 Å². The number of carbonyl (C=O) groups excluding carboxylic acids is 1. The molecule has 2 amide bonds. The first-order valence-corrected chi connectivity index (χ1v) is 11.1. The second kappa shape index (κ2) is 7.70. The topological polar surface area (TPSA) is 144 Å². The fourth-order valence-electron chi connectivity index (χ4n) is 2.18. The van der Waals surface area contributed by atoms with Crippen molar-refractivity contribution in [1.29, 1.82) is 0 Å². The number of allylic oxidation sites excluding steroid dienone is 3. The van der Waals surface area contributed by atoms with Gasteiger partial charge in [0.2, 0.25) is 11.8 Å². The van der Waals surface area contributed by atoms with E-state index >= 15 is 0 Å². The summed E-state index contributed by atoms with van der Waals surface area (Å²) in [5.74, 6) is -0.0186. The molecule has 1 aliphatic carbocycles. The van der Waals surface area contributed by atoms with Crippen LogP contribution in [0.3, 0.4) is 0 Å². The van der Waals surface area contributed by atoms with Gasteiger partial charge >= 0.3 is 6.03 Å². The van der Waals surface area contributed by atoms with Gasteiger partial charge in [0, 0.05) is 29.3 Å². The summed E-state index contributed by atoms with van der Waals surface area (Å²) in [5, 5.41) is 2.16. The number of sulfone groups is 1. The molecule has 1 heterocycles. The fourth-order valence-corrected chi connectivity index (χ4v) is 5.67. The van der Waals surface area contributed by atoms with Crippen molar-refractivity contribution in [2.45, 2.75) is 13.3 Å². The number of hydrogen-bond donors (Lipinski definition) is 2. The summed E-state index contributed by atoms with van der Waals surface area (Å²) < 4.78 is 55.5. The number of anilines is 1. The SMILES string of the molecule is COc1cc(C)nc(NC(=O)NS(=O)(=O)C2=C(S(C)(=O)=O)C(=S)CC=C2)n1. The van der Waals surface area contributed by atoms with E-state index < -0.39 is 35.7 Å². The molecule has 0 spiro atoms. The number of aryl methyl sites for hydroxylation is 1. The quantitative estimate of drug-likeness (QED) is 0.646. The van der Waals surface area contributed by atoms with Crippen LogP contribution in [0.5, 0.6) is 5.88 Å². The Bertz CT molecular complexity index is 1070. The number of carbonyl (C=O) groups is 1. The van der Waals surface area contributed by atoms with Gasteiger partial charge in [-0.05, 0) is 13.0 Å². The Morgan fingerprint density at radius 2 is 1.93 bits per heavy atom. The molecule has 13 heteroatoms. The summed E-state index contributed by atoms with van der Waals surface area (Å²) in [4.78, 5) is 18.7. The number of methoxy groups -OCH3 is 1. The molecule has 10 nitrogen and oxygen atoms in total. The number of amides is 2. The highest BCUT2D eigenvalue weighted by Gasteiger charge is 2.31. The van der Waals surface area contributed by atoms with E-state index in [0.717, 1.165) is 12.3 Å². The molecule has 0 atom stereocenters. The van der Waals surface area contributed by atoms with Crippen molar-refractivity contribution < 1.29 is 26.4 Å². The molecule has 0 saturated heterocycles. The molecule has 146 valence electrons. The first kappa shape index (κ1) is 20.9. The highest BCUT2D eigenvalue weighted by Crippen LogP contribution is 2.25. The molecule has 0 unspecified atom stereocenters. The molecule has 2 rings (SSSR count). The summed E-state index contributed by atoms with van der Waals surface area (Å²) in [6.07, 6.45) is 3.45. The predicted octanol–water partition coefficient (Wildman–Crippen LogP) is 0.831. The fraction of sp³-hybridized carbons (Fsp3) is 0.286. The van der Waals surface area contributed by atoms with Crippen LogP contribution in [0.15, 0.2) is 28.0 Å². The number of ether oxygens (including phenoxy) is 1. The van der Waals surface area contributed by atoms with Crippen LogP contribution in [-0.4, -0.2) is 51.1 Å². The summed E-state index contributed by atoms with van der Waals surface area (Å²) in [7, 11) is -7.07. The lowest BCUT2D eigenvalue weighted by Gasteiger charge is -2.16.